The molecule has 3 nitrogen and oxygen atoms in total. The Morgan fingerprint density at radius 1 is 1.11 bits per heavy atom. The summed E-state index contributed by atoms with van der Waals surface area (Å²) in [6.07, 6.45) is 10.3. The molecule has 0 spiro atoms. The van der Waals surface area contributed by atoms with E-state index in [2.05, 4.69) is 26.1 Å². The molecular weight excluding hydrogens is 238 g/mol. The van der Waals surface area contributed by atoms with Crippen LogP contribution in [0.15, 0.2) is 0 Å². The second-order valence-corrected chi connectivity index (χ2v) is 6.54. The topological polar surface area (TPSA) is 30.5 Å². The summed E-state index contributed by atoms with van der Waals surface area (Å²) in [5.41, 5.74) is 0. The van der Waals surface area contributed by atoms with Crippen LogP contribution in [0.4, 0.5) is 0 Å². The van der Waals surface area contributed by atoms with Gasteiger partial charge in [-0.3, -0.25) is 0 Å². The molecule has 112 valence electrons. The molecule has 19 heavy (non-hydrogen) atoms. The molecule has 3 atom stereocenters. The fourth-order valence-corrected chi connectivity index (χ4v) is 3.47. The summed E-state index contributed by atoms with van der Waals surface area (Å²) in [6, 6.07) is 0.729. The highest BCUT2D eigenvalue weighted by Crippen LogP contribution is 2.23. The van der Waals surface area contributed by atoms with E-state index >= 15 is 0 Å². The van der Waals surface area contributed by atoms with Gasteiger partial charge in [0.25, 0.3) is 0 Å². The van der Waals surface area contributed by atoms with Crippen molar-refractivity contribution in [3.05, 3.63) is 0 Å². The molecule has 3 heteroatoms. The van der Waals surface area contributed by atoms with E-state index in [1.807, 2.05) is 0 Å². The third-order valence-corrected chi connectivity index (χ3v) is 4.38. The lowest BCUT2D eigenvalue weighted by molar-refractivity contribution is -0.117. The maximum Gasteiger partial charge on any atom is 0.0675 e. The predicted molar refractivity (Wildman–Crippen MR) is 78.5 cm³/mol. The van der Waals surface area contributed by atoms with Gasteiger partial charge >= 0.3 is 0 Å². The average molecular weight is 269 g/mol. The first-order valence-electron chi connectivity index (χ1n) is 8.17. The zero-order chi connectivity index (χ0) is 13.7. The molecule has 1 aliphatic heterocycles. The average Bonchev–Trinajstić information content (AvgIpc) is 2.36. The predicted octanol–water partition coefficient (Wildman–Crippen LogP) is 3.27. The summed E-state index contributed by atoms with van der Waals surface area (Å²) in [7, 11) is 0. The third-order valence-electron chi connectivity index (χ3n) is 4.38. The van der Waals surface area contributed by atoms with E-state index in [0.717, 1.165) is 25.4 Å². The van der Waals surface area contributed by atoms with Gasteiger partial charge in [-0.05, 0) is 46.5 Å². The van der Waals surface area contributed by atoms with Crippen LogP contribution in [-0.2, 0) is 9.47 Å². The lowest BCUT2D eigenvalue weighted by atomic mass is 9.95. The maximum atomic E-state index is 6.18. The summed E-state index contributed by atoms with van der Waals surface area (Å²) < 4.78 is 11.9. The molecule has 1 aliphatic carbocycles. The van der Waals surface area contributed by atoms with Crippen LogP contribution in [-0.4, -0.2) is 37.0 Å². The van der Waals surface area contributed by atoms with Crippen molar-refractivity contribution in [3.8, 4) is 0 Å². The van der Waals surface area contributed by atoms with Crippen LogP contribution in [0.1, 0.15) is 65.7 Å². The van der Waals surface area contributed by atoms with Crippen LogP contribution < -0.4 is 5.32 Å². The lowest BCUT2D eigenvalue weighted by Gasteiger charge is -2.34. The third kappa shape index (κ3) is 5.41. The smallest absolute Gasteiger partial charge is 0.0675 e. The van der Waals surface area contributed by atoms with Gasteiger partial charge in [-0.2, -0.15) is 0 Å². The quantitative estimate of drug-likeness (QED) is 0.831. The first-order valence-corrected chi connectivity index (χ1v) is 8.17. The number of ether oxygens (including phenoxy) is 2. The molecule has 0 amide bonds. The molecule has 0 aromatic carbocycles. The Balaban J connectivity index is 1.64. The Kier molecular flexibility index (Phi) is 6.11. The normalized spacial score (nSPS) is 35.2. The summed E-state index contributed by atoms with van der Waals surface area (Å²) in [5.74, 6) is 0. The monoisotopic (exact) mass is 269 g/mol. The van der Waals surface area contributed by atoms with E-state index in [-0.39, 0.29) is 0 Å². The highest BCUT2D eigenvalue weighted by molar-refractivity contribution is 4.76. The minimum Gasteiger partial charge on any atom is -0.375 e. The second kappa shape index (κ2) is 7.61. The van der Waals surface area contributed by atoms with E-state index in [4.69, 9.17) is 9.47 Å². The Hall–Kier alpha value is -0.120. The van der Waals surface area contributed by atoms with Crippen molar-refractivity contribution in [2.45, 2.75) is 96.2 Å². The summed E-state index contributed by atoms with van der Waals surface area (Å²) in [4.78, 5) is 0. The van der Waals surface area contributed by atoms with Gasteiger partial charge in [0.05, 0.1) is 24.4 Å². The number of hydrogen-bond acceptors (Lipinski definition) is 3. The fraction of sp³-hybridized carbons (Fsp3) is 1.00. The molecule has 2 rings (SSSR count). The van der Waals surface area contributed by atoms with Crippen molar-refractivity contribution in [1.29, 1.82) is 0 Å². The van der Waals surface area contributed by atoms with Crippen LogP contribution in [0.2, 0.25) is 0 Å². The van der Waals surface area contributed by atoms with E-state index in [1.54, 1.807) is 0 Å². The van der Waals surface area contributed by atoms with Gasteiger partial charge < -0.3 is 14.8 Å². The summed E-state index contributed by atoms with van der Waals surface area (Å²) >= 11 is 0. The molecule has 0 aromatic rings. The van der Waals surface area contributed by atoms with Crippen molar-refractivity contribution in [3.63, 3.8) is 0 Å². The SMILES string of the molecule is CC1CC(OC(C)CNC2CCCCC2)CC(C)O1. The molecule has 0 radical (unpaired) electrons. The summed E-state index contributed by atoms with van der Waals surface area (Å²) in [5, 5.41) is 3.68. The first kappa shape index (κ1) is 15.3. The van der Waals surface area contributed by atoms with Crippen molar-refractivity contribution >= 4 is 0 Å². The first-order chi connectivity index (χ1) is 9.13. The Morgan fingerprint density at radius 3 is 2.37 bits per heavy atom. The largest absolute Gasteiger partial charge is 0.375 e. The van der Waals surface area contributed by atoms with Crippen molar-refractivity contribution in [2.75, 3.05) is 6.54 Å². The Labute approximate surface area is 118 Å². The van der Waals surface area contributed by atoms with E-state index in [1.165, 1.54) is 32.1 Å². The molecule has 1 saturated heterocycles. The van der Waals surface area contributed by atoms with Gasteiger partial charge in [0.1, 0.15) is 0 Å². The van der Waals surface area contributed by atoms with Gasteiger partial charge in [-0.15, -0.1) is 0 Å². The van der Waals surface area contributed by atoms with Crippen LogP contribution in [0, 0.1) is 0 Å². The molecule has 3 unspecified atom stereocenters. The lowest BCUT2D eigenvalue weighted by Crippen LogP contribution is -2.40. The van der Waals surface area contributed by atoms with Crippen LogP contribution in [0.3, 0.4) is 0 Å². The van der Waals surface area contributed by atoms with Crippen LogP contribution in [0.5, 0.6) is 0 Å². The summed E-state index contributed by atoms with van der Waals surface area (Å²) in [6.45, 7) is 7.49. The van der Waals surface area contributed by atoms with Gasteiger partial charge in [0, 0.05) is 12.6 Å². The van der Waals surface area contributed by atoms with Gasteiger partial charge in [0.15, 0.2) is 0 Å². The molecule has 1 N–H and O–H groups in total. The van der Waals surface area contributed by atoms with Crippen molar-refractivity contribution in [1.82, 2.24) is 5.32 Å². The standard InChI is InChI=1S/C16H31NO2/c1-12-9-16(10-13(2)18-12)19-14(3)11-17-15-7-5-4-6-8-15/h12-17H,4-11H2,1-3H3. The van der Waals surface area contributed by atoms with Gasteiger partial charge in [-0.25, -0.2) is 0 Å². The van der Waals surface area contributed by atoms with Crippen molar-refractivity contribution in [2.24, 2.45) is 0 Å². The van der Waals surface area contributed by atoms with Crippen LogP contribution >= 0.6 is 0 Å². The molecule has 2 aliphatic rings. The highest BCUT2D eigenvalue weighted by Gasteiger charge is 2.26. The maximum absolute atomic E-state index is 6.18. The Morgan fingerprint density at radius 2 is 1.74 bits per heavy atom. The van der Waals surface area contributed by atoms with E-state index in [9.17, 15) is 0 Å². The Bertz CT molecular complexity index is 243. The van der Waals surface area contributed by atoms with E-state index < -0.39 is 0 Å². The molecule has 2 fully saturated rings. The minimum absolute atomic E-state index is 0.310. The fourth-order valence-electron chi connectivity index (χ4n) is 3.47. The number of hydrogen-bond donors (Lipinski definition) is 1. The molecule has 0 aromatic heterocycles. The van der Waals surface area contributed by atoms with Crippen molar-refractivity contribution < 1.29 is 9.47 Å². The molecule has 0 bridgehead atoms. The zero-order valence-electron chi connectivity index (χ0n) is 12.9. The second-order valence-electron chi connectivity index (χ2n) is 6.54. The van der Waals surface area contributed by atoms with Gasteiger partial charge in [-0.1, -0.05) is 19.3 Å². The zero-order valence-corrected chi connectivity index (χ0v) is 12.9. The van der Waals surface area contributed by atoms with Crippen LogP contribution in [0.25, 0.3) is 0 Å². The minimum atomic E-state index is 0.310. The molecule has 1 heterocycles. The van der Waals surface area contributed by atoms with Gasteiger partial charge in [0.2, 0.25) is 0 Å². The molecule has 1 saturated carbocycles. The number of nitrogens with one attached hydrogen (secondary N) is 1. The number of rotatable bonds is 5. The van der Waals surface area contributed by atoms with E-state index in [0.29, 0.717) is 24.4 Å². The highest BCUT2D eigenvalue weighted by atomic mass is 16.5. The molecular formula is C16H31NO2.